The zero-order chi connectivity index (χ0) is 17.5. The number of hydrogen-bond donors (Lipinski definition) is 0. The van der Waals surface area contributed by atoms with Crippen molar-refractivity contribution in [3.8, 4) is 0 Å². The molecule has 0 amide bonds. The van der Waals surface area contributed by atoms with Gasteiger partial charge in [-0.25, -0.2) is 4.39 Å². The molecule has 23 heavy (non-hydrogen) atoms. The summed E-state index contributed by atoms with van der Waals surface area (Å²) in [5.41, 5.74) is 0. The molecule has 0 saturated carbocycles. The minimum atomic E-state index is -4.16. The van der Waals surface area contributed by atoms with E-state index >= 15 is 0 Å². The molecule has 1 aromatic carbocycles. The fraction of sp³-hybridized carbons (Fsp3) is 0.400. The van der Waals surface area contributed by atoms with E-state index in [2.05, 4.69) is 0 Å². The van der Waals surface area contributed by atoms with Gasteiger partial charge >= 0.3 is 8.80 Å². The standard InChI is InChI=1S/C15H19FO6Si/c1-4-13(17)20-23(21-14(18)5-2,22-15(19)6-3)12-9-7-11(16)8-10-12/h7-10H,4-6H2,1-3H3. The first-order valence-electron chi connectivity index (χ1n) is 7.28. The number of halogens is 1. The first kappa shape index (κ1) is 18.8. The van der Waals surface area contributed by atoms with Crippen molar-refractivity contribution in [2.24, 2.45) is 0 Å². The minimum absolute atomic E-state index is 0.00327. The third-order valence-corrected chi connectivity index (χ3v) is 5.34. The summed E-state index contributed by atoms with van der Waals surface area (Å²) in [6, 6.07) is 4.76. The molecule has 0 atom stereocenters. The van der Waals surface area contributed by atoms with E-state index in [9.17, 15) is 18.8 Å². The molecule has 0 spiro atoms. The Balaban J connectivity index is 3.35. The molecule has 0 radical (unpaired) electrons. The molecule has 0 unspecified atom stereocenters. The Morgan fingerprint density at radius 2 is 1.17 bits per heavy atom. The first-order valence-corrected chi connectivity index (χ1v) is 9.00. The topological polar surface area (TPSA) is 78.9 Å². The fourth-order valence-corrected chi connectivity index (χ4v) is 3.95. The average Bonchev–Trinajstić information content (AvgIpc) is 2.54. The fourth-order valence-electron chi connectivity index (χ4n) is 1.56. The molecule has 0 aliphatic rings. The van der Waals surface area contributed by atoms with Crippen molar-refractivity contribution in [2.45, 2.75) is 40.0 Å². The van der Waals surface area contributed by atoms with Crippen LogP contribution < -0.4 is 5.19 Å². The van der Waals surface area contributed by atoms with Crippen LogP contribution in [0, 0.1) is 5.82 Å². The van der Waals surface area contributed by atoms with Gasteiger partial charge in [0.2, 0.25) is 0 Å². The van der Waals surface area contributed by atoms with Crippen LogP contribution in [0.5, 0.6) is 0 Å². The molecule has 6 nitrogen and oxygen atoms in total. The van der Waals surface area contributed by atoms with Crippen molar-refractivity contribution in [1.29, 1.82) is 0 Å². The largest absolute Gasteiger partial charge is 0.742 e. The van der Waals surface area contributed by atoms with Crippen molar-refractivity contribution in [2.75, 3.05) is 0 Å². The van der Waals surface area contributed by atoms with E-state index < -0.39 is 32.5 Å². The lowest BCUT2D eigenvalue weighted by atomic mass is 10.3. The molecule has 8 heteroatoms. The van der Waals surface area contributed by atoms with Crippen LogP contribution >= 0.6 is 0 Å². The number of carbonyl (C=O) groups excluding carboxylic acids is 3. The molecule has 0 saturated heterocycles. The Morgan fingerprint density at radius 3 is 1.48 bits per heavy atom. The maximum absolute atomic E-state index is 13.2. The van der Waals surface area contributed by atoms with E-state index in [4.69, 9.17) is 13.3 Å². The molecular weight excluding hydrogens is 323 g/mol. The molecule has 0 aliphatic heterocycles. The maximum atomic E-state index is 13.2. The second kappa shape index (κ2) is 8.42. The van der Waals surface area contributed by atoms with Gasteiger partial charge in [0.15, 0.2) is 0 Å². The van der Waals surface area contributed by atoms with Crippen LogP contribution in [0.3, 0.4) is 0 Å². The summed E-state index contributed by atoms with van der Waals surface area (Å²) in [6.45, 7) is 4.65. The highest BCUT2D eigenvalue weighted by atomic mass is 28.4. The molecule has 1 aromatic rings. The summed E-state index contributed by atoms with van der Waals surface area (Å²) < 4.78 is 28.9. The van der Waals surface area contributed by atoms with Gasteiger partial charge in [0.25, 0.3) is 17.9 Å². The van der Waals surface area contributed by atoms with Gasteiger partial charge in [-0.3, -0.25) is 14.4 Å². The zero-order valence-corrected chi connectivity index (χ0v) is 14.3. The van der Waals surface area contributed by atoms with E-state index in [1.807, 2.05) is 0 Å². The molecule has 0 bridgehead atoms. The maximum Gasteiger partial charge on any atom is 0.742 e. The Morgan fingerprint density at radius 1 is 0.826 bits per heavy atom. The van der Waals surface area contributed by atoms with Gasteiger partial charge in [-0.05, 0) is 24.3 Å². The zero-order valence-electron chi connectivity index (χ0n) is 13.3. The van der Waals surface area contributed by atoms with Gasteiger partial charge < -0.3 is 13.3 Å². The summed E-state index contributed by atoms with van der Waals surface area (Å²) in [6.07, 6.45) is 0.00981. The van der Waals surface area contributed by atoms with Gasteiger partial charge in [0.1, 0.15) is 5.82 Å². The van der Waals surface area contributed by atoms with E-state index in [1.54, 1.807) is 20.8 Å². The molecule has 0 fully saturated rings. The molecule has 0 N–H and O–H groups in total. The molecule has 0 aromatic heterocycles. The monoisotopic (exact) mass is 342 g/mol. The molecule has 126 valence electrons. The quantitative estimate of drug-likeness (QED) is 0.704. The SMILES string of the molecule is CCC(=O)O[Si](OC(=O)CC)(OC(=O)CC)c1ccc(F)cc1. The highest BCUT2D eigenvalue weighted by molar-refractivity contribution is 6.79. The molecule has 1 rings (SSSR count). The van der Waals surface area contributed by atoms with Crippen LogP contribution in [-0.4, -0.2) is 26.7 Å². The van der Waals surface area contributed by atoms with Crippen LogP contribution in [0.15, 0.2) is 24.3 Å². The summed E-state index contributed by atoms with van der Waals surface area (Å²) >= 11 is 0. The Hall–Kier alpha value is -2.22. The van der Waals surface area contributed by atoms with E-state index in [0.717, 1.165) is 12.1 Å². The van der Waals surface area contributed by atoms with E-state index in [0.29, 0.717) is 0 Å². The van der Waals surface area contributed by atoms with Gasteiger partial charge in [-0.1, -0.05) is 20.8 Å². The van der Waals surface area contributed by atoms with Gasteiger partial charge in [0.05, 0.1) is 5.19 Å². The van der Waals surface area contributed by atoms with Gasteiger partial charge in [0, 0.05) is 19.3 Å². The van der Waals surface area contributed by atoms with Crippen molar-refractivity contribution in [3.63, 3.8) is 0 Å². The first-order chi connectivity index (χ1) is 10.9. The highest BCUT2D eigenvalue weighted by Gasteiger charge is 2.55. The Labute approximate surface area is 134 Å². The van der Waals surface area contributed by atoms with Crippen molar-refractivity contribution >= 4 is 31.9 Å². The van der Waals surface area contributed by atoms with Crippen molar-refractivity contribution in [3.05, 3.63) is 30.1 Å². The second-order valence-electron chi connectivity index (χ2n) is 4.55. The van der Waals surface area contributed by atoms with Crippen molar-refractivity contribution < 1.29 is 32.1 Å². The molecule has 0 aliphatic carbocycles. The normalized spacial score (nSPS) is 10.8. The number of benzene rings is 1. The van der Waals surface area contributed by atoms with Crippen LogP contribution in [0.2, 0.25) is 0 Å². The smallest absolute Gasteiger partial charge is 0.452 e. The molecule has 0 heterocycles. The lowest BCUT2D eigenvalue weighted by Gasteiger charge is -2.27. The van der Waals surface area contributed by atoms with E-state index in [1.165, 1.54) is 12.1 Å². The summed E-state index contributed by atoms with van der Waals surface area (Å²) in [5.74, 6) is -2.58. The lowest BCUT2D eigenvalue weighted by Crippen LogP contribution is -2.59. The van der Waals surface area contributed by atoms with Crippen LogP contribution in [0.4, 0.5) is 4.39 Å². The number of carbonyl (C=O) groups is 3. The predicted octanol–water partition coefficient (Wildman–Crippen LogP) is 1.83. The highest BCUT2D eigenvalue weighted by Crippen LogP contribution is 2.15. The predicted molar refractivity (Wildman–Crippen MR) is 80.9 cm³/mol. The Bertz CT molecular complexity index is 526. The third kappa shape index (κ3) is 5.17. The lowest BCUT2D eigenvalue weighted by molar-refractivity contribution is -0.149. The molecular formula is C15H19FO6Si. The third-order valence-electron chi connectivity index (χ3n) is 2.81. The van der Waals surface area contributed by atoms with E-state index in [-0.39, 0.29) is 24.4 Å². The van der Waals surface area contributed by atoms with Gasteiger partial charge in [-0.2, -0.15) is 0 Å². The summed E-state index contributed by atoms with van der Waals surface area (Å²) in [5, 5.41) is 0.157. The van der Waals surface area contributed by atoms with Crippen LogP contribution in [-0.2, 0) is 27.7 Å². The number of rotatable bonds is 7. The Kier molecular flexibility index (Phi) is 6.89. The average molecular weight is 342 g/mol. The van der Waals surface area contributed by atoms with Crippen LogP contribution in [0.25, 0.3) is 0 Å². The van der Waals surface area contributed by atoms with Gasteiger partial charge in [-0.15, -0.1) is 0 Å². The second-order valence-corrected chi connectivity index (χ2v) is 6.85. The number of hydrogen-bond acceptors (Lipinski definition) is 6. The van der Waals surface area contributed by atoms with Crippen molar-refractivity contribution in [1.82, 2.24) is 0 Å². The summed E-state index contributed by atoms with van der Waals surface area (Å²) in [4.78, 5) is 35.3. The van der Waals surface area contributed by atoms with Crippen LogP contribution in [0.1, 0.15) is 40.0 Å². The summed E-state index contributed by atoms with van der Waals surface area (Å²) in [7, 11) is -4.16. The minimum Gasteiger partial charge on any atom is -0.452 e.